The predicted molar refractivity (Wildman–Crippen MR) is 111 cm³/mol. The van der Waals surface area contributed by atoms with Crippen LogP contribution in [0.1, 0.15) is 31.4 Å². The number of rotatable bonds is 10. The number of ether oxygens (including phenoxy) is 3. The molecule has 0 saturated heterocycles. The molecular formula is C21H30N4O3. The van der Waals surface area contributed by atoms with Gasteiger partial charge in [0.25, 0.3) is 0 Å². The van der Waals surface area contributed by atoms with Gasteiger partial charge >= 0.3 is 0 Å². The van der Waals surface area contributed by atoms with Gasteiger partial charge in [-0.05, 0) is 36.6 Å². The van der Waals surface area contributed by atoms with Crippen LogP contribution in [0.5, 0.6) is 17.4 Å². The third kappa shape index (κ3) is 6.64. The third-order valence-corrected chi connectivity index (χ3v) is 3.92. The van der Waals surface area contributed by atoms with Crippen LogP contribution in [0.4, 0.5) is 0 Å². The molecule has 7 heteroatoms. The molecule has 1 aromatic carbocycles. The van der Waals surface area contributed by atoms with Gasteiger partial charge in [0.05, 0.1) is 27.4 Å². The normalized spacial score (nSPS) is 11.1. The summed E-state index contributed by atoms with van der Waals surface area (Å²) >= 11 is 0. The van der Waals surface area contributed by atoms with Crippen molar-refractivity contribution in [2.24, 2.45) is 4.99 Å². The fraction of sp³-hybridized carbons (Fsp3) is 0.429. The molecule has 0 atom stereocenters. The number of aromatic nitrogens is 1. The molecule has 0 spiro atoms. The fourth-order valence-electron chi connectivity index (χ4n) is 2.48. The van der Waals surface area contributed by atoms with Crippen LogP contribution in [-0.4, -0.2) is 38.3 Å². The SMILES string of the molecule is CCCOc1ccc(CN=C(NCC)NCc2ccc(OC)c(OC)c2)cn1. The van der Waals surface area contributed by atoms with E-state index in [1.807, 2.05) is 37.3 Å². The summed E-state index contributed by atoms with van der Waals surface area (Å²) in [5.41, 5.74) is 2.09. The molecule has 0 aliphatic carbocycles. The molecule has 1 heterocycles. The van der Waals surface area contributed by atoms with E-state index >= 15 is 0 Å². The molecule has 0 bridgehead atoms. The number of guanidine groups is 1. The van der Waals surface area contributed by atoms with Gasteiger partial charge in [0, 0.05) is 25.4 Å². The Bertz CT molecular complexity index is 748. The van der Waals surface area contributed by atoms with E-state index < -0.39 is 0 Å². The Balaban J connectivity index is 1.96. The lowest BCUT2D eigenvalue weighted by atomic mass is 10.2. The van der Waals surface area contributed by atoms with E-state index in [0.717, 1.165) is 30.1 Å². The predicted octanol–water partition coefficient (Wildman–Crippen LogP) is 3.14. The van der Waals surface area contributed by atoms with Gasteiger partial charge in [-0.15, -0.1) is 0 Å². The summed E-state index contributed by atoms with van der Waals surface area (Å²) < 4.78 is 16.1. The summed E-state index contributed by atoms with van der Waals surface area (Å²) in [5.74, 6) is 2.81. The Morgan fingerprint density at radius 2 is 1.79 bits per heavy atom. The molecular weight excluding hydrogens is 356 g/mol. The summed E-state index contributed by atoms with van der Waals surface area (Å²) in [6.45, 7) is 6.71. The molecule has 0 amide bonds. The number of aliphatic imine (C=N–C) groups is 1. The number of hydrogen-bond acceptors (Lipinski definition) is 5. The highest BCUT2D eigenvalue weighted by molar-refractivity contribution is 5.79. The maximum absolute atomic E-state index is 5.51. The number of benzene rings is 1. The molecule has 1 aromatic heterocycles. The zero-order valence-electron chi connectivity index (χ0n) is 17.1. The van der Waals surface area contributed by atoms with Crippen molar-refractivity contribution < 1.29 is 14.2 Å². The smallest absolute Gasteiger partial charge is 0.213 e. The van der Waals surface area contributed by atoms with Crippen molar-refractivity contribution in [3.63, 3.8) is 0 Å². The van der Waals surface area contributed by atoms with E-state index in [0.29, 0.717) is 37.1 Å². The molecule has 0 aliphatic heterocycles. The largest absolute Gasteiger partial charge is 0.493 e. The highest BCUT2D eigenvalue weighted by Crippen LogP contribution is 2.27. The number of nitrogens with one attached hydrogen (secondary N) is 2. The summed E-state index contributed by atoms with van der Waals surface area (Å²) in [6.07, 6.45) is 2.76. The fourth-order valence-corrected chi connectivity index (χ4v) is 2.48. The Hall–Kier alpha value is -2.96. The van der Waals surface area contributed by atoms with Gasteiger partial charge in [-0.1, -0.05) is 19.1 Å². The second-order valence-electron chi connectivity index (χ2n) is 6.09. The first kappa shape index (κ1) is 21.3. The van der Waals surface area contributed by atoms with Crippen LogP contribution >= 0.6 is 0 Å². The van der Waals surface area contributed by atoms with Crippen molar-refractivity contribution >= 4 is 5.96 Å². The minimum absolute atomic E-state index is 0.530. The summed E-state index contributed by atoms with van der Waals surface area (Å²) in [4.78, 5) is 8.94. The van der Waals surface area contributed by atoms with E-state index in [1.165, 1.54) is 0 Å². The van der Waals surface area contributed by atoms with Crippen molar-refractivity contribution in [2.45, 2.75) is 33.4 Å². The molecule has 2 rings (SSSR count). The zero-order valence-corrected chi connectivity index (χ0v) is 17.1. The van der Waals surface area contributed by atoms with Crippen LogP contribution in [0.2, 0.25) is 0 Å². The van der Waals surface area contributed by atoms with E-state index in [2.05, 4.69) is 27.5 Å². The van der Waals surface area contributed by atoms with Crippen molar-refractivity contribution in [1.29, 1.82) is 0 Å². The lowest BCUT2D eigenvalue weighted by Crippen LogP contribution is -2.36. The van der Waals surface area contributed by atoms with Crippen molar-refractivity contribution in [1.82, 2.24) is 15.6 Å². The van der Waals surface area contributed by atoms with Crippen LogP contribution in [0.25, 0.3) is 0 Å². The standard InChI is InChI=1S/C21H30N4O3/c1-5-11-28-20-10-8-17(14-23-20)15-25-21(22-6-2)24-13-16-7-9-18(26-3)19(12-16)27-4/h7-10,12,14H,5-6,11,13,15H2,1-4H3,(H2,22,24,25). The van der Waals surface area contributed by atoms with Crippen LogP contribution in [0.15, 0.2) is 41.5 Å². The number of pyridine rings is 1. The van der Waals surface area contributed by atoms with Crippen LogP contribution in [0.3, 0.4) is 0 Å². The van der Waals surface area contributed by atoms with Crippen molar-refractivity contribution in [3.8, 4) is 17.4 Å². The molecule has 2 N–H and O–H groups in total. The maximum atomic E-state index is 5.51. The van der Waals surface area contributed by atoms with Crippen LogP contribution in [-0.2, 0) is 13.1 Å². The first-order chi connectivity index (χ1) is 13.7. The minimum atomic E-state index is 0.530. The van der Waals surface area contributed by atoms with Gasteiger partial charge in [0.15, 0.2) is 17.5 Å². The van der Waals surface area contributed by atoms with Crippen LogP contribution < -0.4 is 24.8 Å². The lowest BCUT2D eigenvalue weighted by molar-refractivity contribution is 0.305. The molecule has 0 fully saturated rings. The van der Waals surface area contributed by atoms with Crippen molar-refractivity contribution in [2.75, 3.05) is 27.4 Å². The lowest BCUT2D eigenvalue weighted by Gasteiger charge is -2.13. The van der Waals surface area contributed by atoms with Gasteiger partial charge in [-0.25, -0.2) is 9.98 Å². The Kier molecular flexibility index (Phi) is 8.91. The number of methoxy groups -OCH3 is 2. The first-order valence-corrected chi connectivity index (χ1v) is 9.51. The Labute approximate surface area is 167 Å². The molecule has 28 heavy (non-hydrogen) atoms. The highest BCUT2D eigenvalue weighted by Gasteiger charge is 2.05. The summed E-state index contributed by atoms with van der Waals surface area (Å²) in [6, 6.07) is 9.71. The highest BCUT2D eigenvalue weighted by atomic mass is 16.5. The van der Waals surface area contributed by atoms with Crippen molar-refractivity contribution in [3.05, 3.63) is 47.7 Å². The zero-order chi connectivity index (χ0) is 20.2. The average Bonchev–Trinajstić information content (AvgIpc) is 2.74. The summed E-state index contributed by atoms with van der Waals surface area (Å²) in [5, 5.41) is 6.58. The monoisotopic (exact) mass is 386 g/mol. The number of hydrogen-bond donors (Lipinski definition) is 2. The Morgan fingerprint density at radius 3 is 2.43 bits per heavy atom. The molecule has 0 saturated carbocycles. The second-order valence-corrected chi connectivity index (χ2v) is 6.09. The molecule has 0 unspecified atom stereocenters. The Morgan fingerprint density at radius 1 is 1.00 bits per heavy atom. The third-order valence-electron chi connectivity index (χ3n) is 3.92. The number of nitrogens with zero attached hydrogens (tertiary/aromatic N) is 2. The quantitative estimate of drug-likeness (QED) is 0.483. The van der Waals surface area contributed by atoms with Gasteiger partial charge in [0.2, 0.25) is 5.88 Å². The van der Waals surface area contributed by atoms with Gasteiger partial charge in [0.1, 0.15) is 0 Å². The molecule has 7 nitrogen and oxygen atoms in total. The molecule has 0 aliphatic rings. The van der Waals surface area contributed by atoms with Gasteiger partial charge in [-0.2, -0.15) is 0 Å². The molecule has 2 aromatic rings. The topological polar surface area (TPSA) is 77.0 Å². The average molecular weight is 386 g/mol. The summed E-state index contributed by atoms with van der Waals surface area (Å²) in [7, 11) is 3.26. The van der Waals surface area contributed by atoms with Gasteiger partial charge < -0.3 is 24.8 Å². The molecule has 152 valence electrons. The van der Waals surface area contributed by atoms with Gasteiger partial charge in [-0.3, -0.25) is 0 Å². The van der Waals surface area contributed by atoms with E-state index in [-0.39, 0.29) is 0 Å². The first-order valence-electron chi connectivity index (χ1n) is 9.51. The maximum Gasteiger partial charge on any atom is 0.213 e. The van der Waals surface area contributed by atoms with Crippen LogP contribution in [0, 0.1) is 0 Å². The minimum Gasteiger partial charge on any atom is -0.493 e. The molecule has 0 radical (unpaired) electrons. The van der Waals surface area contributed by atoms with E-state index in [4.69, 9.17) is 14.2 Å². The second kappa shape index (κ2) is 11.7. The van der Waals surface area contributed by atoms with E-state index in [9.17, 15) is 0 Å². The van der Waals surface area contributed by atoms with E-state index in [1.54, 1.807) is 20.4 Å².